The van der Waals surface area contributed by atoms with E-state index in [1.54, 1.807) is 12.1 Å². The van der Waals surface area contributed by atoms with E-state index in [0.717, 1.165) is 5.56 Å². The molecule has 1 aromatic rings. The molecule has 0 saturated carbocycles. The van der Waals surface area contributed by atoms with Crippen molar-refractivity contribution in [2.24, 2.45) is 0 Å². The Balaban J connectivity index is 2.55. The Morgan fingerprint density at radius 3 is 2.79 bits per heavy atom. The topological polar surface area (TPSA) is 32.3 Å². The fourth-order valence-electron chi connectivity index (χ4n) is 1.15. The van der Waals surface area contributed by atoms with Gasteiger partial charge in [-0.25, -0.2) is 8.78 Å². The van der Waals surface area contributed by atoms with Gasteiger partial charge in [-0.2, -0.15) is 0 Å². The molecule has 0 atom stereocenters. The summed E-state index contributed by atoms with van der Waals surface area (Å²) in [5.41, 5.74) is 0.838. The van der Waals surface area contributed by atoms with Crippen LogP contribution in [0.5, 0.6) is 0 Å². The molecule has 0 amide bonds. The molecule has 0 aliphatic carbocycles. The van der Waals surface area contributed by atoms with Crippen LogP contribution >= 0.6 is 0 Å². The van der Waals surface area contributed by atoms with Crippen LogP contribution < -0.4 is 5.32 Å². The van der Waals surface area contributed by atoms with Gasteiger partial charge < -0.3 is 10.4 Å². The monoisotopic (exact) mass is 201 g/mol. The van der Waals surface area contributed by atoms with E-state index in [2.05, 4.69) is 5.32 Å². The number of hydrogen-bond donors (Lipinski definition) is 2. The zero-order chi connectivity index (χ0) is 10.4. The summed E-state index contributed by atoms with van der Waals surface area (Å²) in [6, 6.07) is 6.25. The highest BCUT2D eigenvalue weighted by Gasteiger charge is 2.06. The van der Waals surface area contributed by atoms with Gasteiger partial charge in [-0.15, -0.1) is 0 Å². The standard InChI is InChI=1S/C10H13F2NO/c11-10(12)9-3-1-2-8(6-9)7-13-4-5-14/h1-3,6,10,13-14H,4-5,7H2. The van der Waals surface area contributed by atoms with Crippen LogP contribution in [-0.4, -0.2) is 18.3 Å². The summed E-state index contributed by atoms with van der Waals surface area (Å²) >= 11 is 0. The molecule has 2 N–H and O–H groups in total. The Labute approximate surface area is 81.6 Å². The highest BCUT2D eigenvalue weighted by molar-refractivity contribution is 5.24. The Bertz CT molecular complexity index is 279. The minimum atomic E-state index is -2.42. The van der Waals surface area contributed by atoms with E-state index < -0.39 is 6.43 Å². The fourth-order valence-corrected chi connectivity index (χ4v) is 1.15. The minimum Gasteiger partial charge on any atom is -0.395 e. The maximum Gasteiger partial charge on any atom is 0.263 e. The number of rotatable bonds is 5. The first-order valence-electron chi connectivity index (χ1n) is 4.42. The molecule has 0 aliphatic rings. The van der Waals surface area contributed by atoms with E-state index in [1.807, 2.05) is 0 Å². The van der Waals surface area contributed by atoms with Crippen molar-refractivity contribution in [2.45, 2.75) is 13.0 Å². The van der Waals surface area contributed by atoms with Gasteiger partial charge in [0.1, 0.15) is 0 Å². The molecule has 0 spiro atoms. The van der Waals surface area contributed by atoms with Crippen LogP contribution in [0, 0.1) is 0 Å². The molecule has 0 aliphatic heterocycles. The summed E-state index contributed by atoms with van der Waals surface area (Å²) in [7, 11) is 0. The molecule has 0 fully saturated rings. The lowest BCUT2D eigenvalue weighted by atomic mass is 10.1. The molecule has 1 rings (SSSR count). The highest BCUT2D eigenvalue weighted by Crippen LogP contribution is 2.19. The average Bonchev–Trinajstić information content (AvgIpc) is 2.19. The quantitative estimate of drug-likeness (QED) is 0.711. The van der Waals surface area contributed by atoms with Gasteiger partial charge in [0, 0.05) is 18.7 Å². The van der Waals surface area contributed by atoms with Gasteiger partial charge in [0.2, 0.25) is 0 Å². The third-order valence-electron chi connectivity index (χ3n) is 1.82. The van der Waals surface area contributed by atoms with E-state index in [9.17, 15) is 8.78 Å². The Hall–Kier alpha value is -1.00. The van der Waals surface area contributed by atoms with Crippen molar-refractivity contribution >= 4 is 0 Å². The number of nitrogens with one attached hydrogen (secondary N) is 1. The molecule has 1 aromatic carbocycles. The molecule has 0 heterocycles. The molecular weight excluding hydrogens is 188 g/mol. The van der Waals surface area contributed by atoms with Gasteiger partial charge in [0.15, 0.2) is 0 Å². The first kappa shape index (κ1) is 11.1. The third-order valence-corrected chi connectivity index (χ3v) is 1.82. The van der Waals surface area contributed by atoms with Gasteiger partial charge >= 0.3 is 0 Å². The number of alkyl halides is 2. The second-order valence-electron chi connectivity index (χ2n) is 2.95. The summed E-state index contributed by atoms with van der Waals surface area (Å²) in [6.45, 7) is 1.02. The lowest BCUT2D eigenvalue weighted by molar-refractivity contribution is 0.151. The summed E-state index contributed by atoms with van der Waals surface area (Å²) < 4.78 is 24.5. The zero-order valence-corrected chi connectivity index (χ0v) is 7.71. The summed E-state index contributed by atoms with van der Waals surface area (Å²) in [4.78, 5) is 0. The van der Waals surface area contributed by atoms with E-state index in [1.165, 1.54) is 12.1 Å². The first-order chi connectivity index (χ1) is 6.74. The lowest BCUT2D eigenvalue weighted by Crippen LogP contribution is -2.17. The molecule has 0 radical (unpaired) electrons. The second kappa shape index (κ2) is 5.67. The van der Waals surface area contributed by atoms with Crippen LogP contribution in [0.2, 0.25) is 0 Å². The first-order valence-corrected chi connectivity index (χ1v) is 4.42. The van der Waals surface area contributed by atoms with Crippen molar-refractivity contribution in [1.82, 2.24) is 5.32 Å². The predicted octanol–water partition coefficient (Wildman–Crippen LogP) is 1.71. The molecule has 0 aromatic heterocycles. The Morgan fingerprint density at radius 2 is 2.14 bits per heavy atom. The van der Waals surface area contributed by atoms with Crippen molar-refractivity contribution in [3.63, 3.8) is 0 Å². The van der Waals surface area contributed by atoms with E-state index in [-0.39, 0.29) is 12.2 Å². The average molecular weight is 201 g/mol. The third kappa shape index (κ3) is 3.40. The number of hydrogen-bond acceptors (Lipinski definition) is 2. The van der Waals surface area contributed by atoms with Crippen LogP contribution in [0.4, 0.5) is 8.78 Å². The van der Waals surface area contributed by atoms with Gasteiger partial charge in [0.25, 0.3) is 6.43 Å². The number of aliphatic hydroxyl groups is 1. The van der Waals surface area contributed by atoms with Crippen LogP contribution in [0.3, 0.4) is 0 Å². The second-order valence-corrected chi connectivity index (χ2v) is 2.95. The maximum absolute atomic E-state index is 12.3. The minimum absolute atomic E-state index is 0.0355. The van der Waals surface area contributed by atoms with Gasteiger partial charge in [-0.1, -0.05) is 18.2 Å². The molecule has 0 unspecified atom stereocenters. The SMILES string of the molecule is OCCNCc1cccc(C(F)F)c1. The Kier molecular flexibility index (Phi) is 4.49. The van der Waals surface area contributed by atoms with Crippen molar-refractivity contribution in [3.8, 4) is 0 Å². The summed E-state index contributed by atoms with van der Waals surface area (Å²) in [6.07, 6.45) is -2.42. The van der Waals surface area contributed by atoms with E-state index in [4.69, 9.17) is 5.11 Å². The van der Waals surface area contributed by atoms with Crippen LogP contribution in [0.15, 0.2) is 24.3 Å². The van der Waals surface area contributed by atoms with Gasteiger partial charge in [-0.05, 0) is 11.6 Å². The maximum atomic E-state index is 12.3. The van der Waals surface area contributed by atoms with Crippen LogP contribution in [0.25, 0.3) is 0 Å². The molecule has 4 heteroatoms. The normalized spacial score (nSPS) is 10.9. The lowest BCUT2D eigenvalue weighted by Gasteiger charge is -2.05. The largest absolute Gasteiger partial charge is 0.395 e. The summed E-state index contributed by atoms with van der Waals surface area (Å²) in [5.74, 6) is 0. The molecule has 0 saturated heterocycles. The van der Waals surface area contributed by atoms with E-state index in [0.29, 0.717) is 13.1 Å². The van der Waals surface area contributed by atoms with Crippen molar-refractivity contribution in [2.75, 3.05) is 13.2 Å². The van der Waals surface area contributed by atoms with Crippen molar-refractivity contribution < 1.29 is 13.9 Å². The number of aliphatic hydroxyl groups excluding tert-OH is 1. The number of benzene rings is 1. The van der Waals surface area contributed by atoms with Crippen molar-refractivity contribution in [3.05, 3.63) is 35.4 Å². The van der Waals surface area contributed by atoms with Crippen LogP contribution in [0.1, 0.15) is 17.6 Å². The van der Waals surface area contributed by atoms with Gasteiger partial charge in [-0.3, -0.25) is 0 Å². The number of halogens is 2. The zero-order valence-electron chi connectivity index (χ0n) is 7.71. The fraction of sp³-hybridized carbons (Fsp3) is 0.400. The van der Waals surface area contributed by atoms with Crippen molar-refractivity contribution in [1.29, 1.82) is 0 Å². The van der Waals surface area contributed by atoms with E-state index >= 15 is 0 Å². The molecule has 14 heavy (non-hydrogen) atoms. The molecule has 0 bridgehead atoms. The molecule has 78 valence electrons. The highest BCUT2D eigenvalue weighted by atomic mass is 19.3. The van der Waals surface area contributed by atoms with Gasteiger partial charge in [0.05, 0.1) is 6.61 Å². The molecular formula is C10H13F2NO. The Morgan fingerprint density at radius 1 is 1.36 bits per heavy atom. The predicted molar refractivity (Wildman–Crippen MR) is 50.2 cm³/mol. The molecule has 2 nitrogen and oxygen atoms in total. The van der Waals surface area contributed by atoms with Crippen LogP contribution in [-0.2, 0) is 6.54 Å². The summed E-state index contributed by atoms with van der Waals surface area (Å²) in [5, 5.41) is 11.4. The smallest absolute Gasteiger partial charge is 0.263 e.